The van der Waals surface area contributed by atoms with E-state index in [2.05, 4.69) is 58.7 Å². The summed E-state index contributed by atoms with van der Waals surface area (Å²) in [7, 11) is 1.75. The summed E-state index contributed by atoms with van der Waals surface area (Å²) >= 11 is 0. The van der Waals surface area contributed by atoms with E-state index < -0.39 is 0 Å². The van der Waals surface area contributed by atoms with E-state index in [0.29, 0.717) is 6.61 Å². The van der Waals surface area contributed by atoms with Gasteiger partial charge in [0.1, 0.15) is 0 Å². The van der Waals surface area contributed by atoms with Crippen LogP contribution in [0.2, 0.25) is 0 Å². The van der Waals surface area contributed by atoms with Gasteiger partial charge in [-0.05, 0) is 39.0 Å². The van der Waals surface area contributed by atoms with E-state index in [4.69, 9.17) is 4.74 Å². The van der Waals surface area contributed by atoms with Crippen molar-refractivity contribution < 1.29 is 4.74 Å². The minimum Gasteiger partial charge on any atom is -0.383 e. The molecule has 0 amide bonds. The van der Waals surface area contributed by atoms with E-state index in [0.717, 1.165) is 37.4 Å². The first-order chi connectivity index (χ1) is 12.1. The van der Waals surface area contributed by atoms with Gasteiger partial charge in [0.15, 0.2) is 0 Å². The Morgan fingerprint density at radius 3 is 2.72 bits per heavy atom. The molecule has 6 nitrogen and oxygen atoms in total. The van der Waals surface area contributed by atoms with E-state index in [1.807, 2.05) is 16.8 Å². The number of aryl methyl sites for hydroxylation is 2. The number of ether oxygens (including phenoxy) is 1. The van der Waals surface area contributed by atoms with Gasteiger partial charge in [-0.15, -0.1) is 0 Å². The molecule has 0 unspecified atom stereocenters. The highest BCUT2D eigenvalue weighted by molar-refractivity contribution is 5.46. The maximum absolute atomic E-state index is 5.32. The first-order valence-corrected chi connectivity index (χ1v) is 8.79. The van der Waals surface area contributed by atoms with Crippen LogP contribution in [0.15, 0.2) is 30.5 Å². The third-order valence-corrected chi connectivity index (χ3v) is 4.71. The summed E-state index contributed by atoms with van der Waals surface area (Å²) in [6, 6.07) is 8.33. The second kappa shape index (κ2) is 7.80. The minimum atomic E-state index is 0.703. The van der Waals surface area contributed by atoms with Crippen molar-refractivity contribution in [1.82, 2.24) is 24.3 Å². The van der Waals surface area contributed by atoms with Gasteiger partial charge in [0.25, 0.3) is 0 Å². The molecular weight excluding hydrogens is 314 g/mol. The lowest BCUT2D eigenvalue weighted by Gasteiger charge is -2.22. The fourth-order valence-electron chi connectivity index (χ4n) is 3.29. The summed E-state index contributed by atoms with van der Waals surface area (Å²) in [6.45, 7) is 10.5. The second-order valence-electron chi connectivity index (χ2n) is 6.35. The van der Waals surface area contributed by atoms with Crippen molar-refractivity contribution in [2.75, 3.05) is 20.3 Å². The zero-order valence-corrected chi connectivity index (χ0v) is 15.6. The molecule has 3 aromatic rings. The lowest BCUT2D eigenvalue weighted by molar-refractivity contribution is 0.138. The van der Waals surface area contributed by atoms with Gasteiger partial charge in [-0.3, -0.25) is 9.58 Å². The van der Waals surface area contributed by atoms with Crippen molar-refractivity contribution >= 4 is 5.52 Å². The molecule has 0 fully saturated rings. The highest BCUT2D eigenvalue weighted by atomic mass is 16.5. The molecule has 0 bridgehead atoms. The fraction of sp³-hybridized carbons (Fsp3) is 0.474. The van der Waals surface area contributed by atoms with Crippen LogP contribution in [0.5, 0.6) is 0 Å². The molecule has 0 aromatic carbocycles. The average molecular weight is 341 g/mol. The highest BCUT2D eigenvalue weighted by Gasteiger charge is 2.16. The third kappa shape index (κ3) is 3.75. The van der Waals surface area contributed by atoms with Crippen molar-refractivity contribution in [3.63, 3.8) is 0 Å². The van der Waals surface area contributed by atoms with Gasteiger partial charge in [0.2, 0.25) is 0 Å². The standard InChI is InChI=1S/C19H27N5O/c1-5-23-16(3)19(15(2)21-23)14-22(11-12-25-4)13-18-8-6-7-17-9-10-20-24(17)18/h6-10H,5,11-14H2,1-4H3. The van der Waals surface area contributed by atoms with Crippen LogP contribution in [-0.4, -0.2) is 44.6 Å². The molecule has 25 heavy (non-hydrogen) atoms. The Hall–Kier alpha value is -2.18. The monoisotopic (exact) mass is 341 g/mol. The quantitative estimate of drug-likeness (QED) is 0.632. The number of nitrogens with zero attached hydrogens (tertiary/aromatic N) is 5. The van der Waals surface area contributed by atoms with E-state index in [1.54, 1.807) is 7.11 Å². The van der Waals surface area contributed by atoms with Crippen molar-refractivity contribution in [2.45, 2.75) is 40.4 Å². The highest BCUT2D eigenvalue weighted by Crippen LogP contribution is 2.18. The molecule has 134 valence electrons. The fourth-order valence-corrected chi connectivity index (χ4v) is 3.29. The summed E-state index contributed by atoms with van der Waals surface area (Å²) in [6.07, 6.45) is 1.85. The predicted octanol–water partition coefficient (Wildman–Crippen LogP) is 2.82. The Balaban J connectivity index is 1.85. The maximum Gasteiger partial charge on any atom is 0.0665 e. The van der Waals surface area contributed by atoms with Gasteiger partial charge in [0.05, 0.1) is 23.5 Å². The van der Waals surface area contributed by atoms with Crippen LogP contribution < -0.4 is 0 Å². The molecule has 0 aliphatic carbocycles. The molecule has 0 N–H and O–H groups in total. The number of hydrogen-bond donors (Lipinski definition) is 0. The van der Waals surface area contributed by atoms with Crippen LogP contribution in [0, 0.1) is 13.8 Å². The topological polar surface area (TPSA) is 47.6 Å². The Morgan fingerprint density at radius 1 is 1.16 bits per heavy atom. The van der Waals surface area contributed by atoms with Crippen molar-refractivity contribution in [3.05, 3.63) is 53.1 Å². The molecule has 3 rings (SSSR count). The number of fused-ring (bicyclic) bond motifs is 1. The van der Waals surface area contributed by atoms with Crippen molar-refractivity contribution in [2.24, 2.45) is 0 Å². The minimum absolute atomic E-state index is 0.703. The smallest absolute Gasteiger partial charge is 0.0665 e. The number of pyridine rings is 1. The molecule has 0 atom stereocenters. The largest absolute Gasteiger partial charge is 0.383 e. The van der Waals surface area contributed by atoms with Crippen LogP contribution in [0.25, 0.3) is 5.52 Å². The summed E-state index contributed by atoms with van der Waals surface area (Å²) in [5, 5.41) is 9.11. The van der Waals surface area contributed by atoms with Crippen LogP contribution in [0.3, 0.4) is 0 Å². The molecule has 3 heterocycles. The first kappa shape index (κ1) is 17.6. The molecule has 0 saturated heterocycles. The molecule has 6 heteroatoms. The van der Waals surface area contributed by atoms with Crippen molar-refractivity contribution in [3.8, 4) is 0 Å². The summed E-state index contributed by atoms with van der Waals surface area (Å²) in [5.74, 6) is 0. The molecule has 0 aliphatic rings. The summed E-state index contributed by atoms with van der Waals surface area (Å²) in [4.78, 5) is 2.40. The number of hydrogen-bond acceptors (Lipinski definition) is 4. The average Bonchev–Trinajstić information content (AvgIpc) is 3.19. The van der Waals surface area contributed by atoms with E-state index in [9.17, 15) is 0 Å². The van der Waals surface area contributed by atoms with Gasteiger partial charge in [-0.1, -0.05) is 6.07 Å². The van der Waals surface area contributed by atoms with E-state index >= 15 is 0 Å². The molecule has 0 spiro atoms. The maximum atomic E-state index is 5.32. The third-order valence-electron chi connectivity index (χ3n) is 4.71. The van der Waals surface area contributed by atoms with Gasteiger partial charge in [-0.2, -0.15) is 10.2 Å². The van der Waals surface area contributed by atoms with Crippen molar-refractivity contribution in [1.29, 1.82) is 0 Å². The number of rotatable bonds is 8. The molecule has 0 aliphatic heterocycles. The zero-order valence-electron chi connectivity index (χ0n) is 15.6. The lowest BCUT2D eigenvalue weighted by Crippen LogP contribution is -2.28. The normalized spacial score (nSPS) is 11.7. The summed E-state index contributed by atoms with van der Waals surface area (Å²) in [5.41, 5.74) is 5.97. The van der Waals surface area contributed by atoms with Crippen LogP contribution in [-0.2, 0) is 24.4 Å². The summed E-state index contributed by atoms with van der Waals surface area (Å²) < 4.78 is 9.41. The molecule has 0 radical (unpaired) electrons. The van der Waals surface area contributed by atoms with Crippen LogP contribution in [0.4, 0.5) is 0 Å². The predicted molar refractivity (Wildman–Crippen MR) is 98.6 cm³/mol. The van der Waals surface area contributed by atoms with Gasteiger partial charge in [0, 0.05) is 50.7 Å². The molecule has 3 aromatic heterocycles. The Kier molecular flexibility index (Phi) is 5.50. The van der Waals surface area contributed by atoms with Gasteiger partial charge >= 0.3 is 0 Å². The second-order valence-corrected chi connectivity index (χ2v) is 6.35. The van der Waals surface area contributed by atoms with E-state index in [1.165, 1.54) is 17.0 Å². The van der Waals surface area contributed by atoms with Gasteiger partial charge in [-0.25, -0.2) is 4.52 Å². The Labute approximate surface area is 149 Å². The van der Waals surface area contributed by atoms with Gasteiger partial charge < -0.3 is 4.74 Å². The van der Waals surface area contributed by atoms with E-state index in [-0.39, 0.29) is 0 Å². The molecule has 0 saturated carbocycles. The number of methoxy groups -OCH3 is 1. The first-order valence-electron chi connectivity index (χ1n) is 8.79. The molecular formula is C19H27N5O. The SMILES string of the molecule is CCn1nc(C)c(CN(CCOC)Cc2cccc3ccnn23)c1C. The van der Waals surface area contributed by atoms with Crippen LogP contribution >= 0.6 is 0 Å². The number of aromatic nitrogens is 4. The Bertz CT molecular complexity index is 836. The van der Waals surface area contributed by atoms with Crippen LogP contribution in [0.1, 0.15) is 29.6 Å². The lowest BCUT2D eigenvalue weighted by atomic mass is 10.1. The Morgan fingerprint density at radius 2 is 2.00 bits per heavy atom. The zero-order chi connectivity index (χ0) is 17.8.